The van der Waals surface area contributed by atoms with Crippen molar-refractivity contribution >= 4 is 17.7 Å². The lowest BCUT2D eigenvalue weighted by atomic mass is 10.2. The first-order chi connectivity index (χ1) is 9.65. The van der Waals surface area contributed by atoms with Crippen LogP contribution in [-0.2, 0) is 0 Å². The smallest absolute Gasteiger partial charge is 0.335 e. The Balaban J connectivity index is 1.79. The minimum atomic E-state index is -0.976. The van der Waals surface area contributed by atoms with Crippen LogP contribution < -0.4 is 4.74 Å². The Hall–Kier alpha value is -2.01. The van der Waals surface area contributed by atoms with Gasteiger partial charge in [0, 0.05) is 10.6 Å². The third kappa shape index (κ3) is 4.28. The molecule has 0 radical (unpaired) electrons. The van der Waals surface area contributed by atoms with E-state index < -0.39 is 5.97 Å². The summed E-state index contributed by atoms with van der Waals surface area (Å²) >= 11 is 1.55. The SMILES string of the molecule is O=C(O)c1cccc(OCCSc2ccc(F)cc2)c1. The lowest BCUT2D eigenvalue weighted by Crippen LogP contribution is -2.02. The largest absolute Gasteiger partial charge is 0.493 e. The van der Waals surface area contributed by atoms with Crippen LogP contribution in [0.25, 0.3) is 0 Å². The molecule has 0 aliphatic heterocycles. The molecule has 0 amide bonds. The molecule has 2 aromatic rings. The third-order valence-electron chi connectivity index (χ3n) is 2.52. The molecule has 104 valence electrons. The van der Waals surface area contributed by atoms with Crippen LogP contribution >= 0.6 is 11.8 Å². The van der Waals surface area contributed by atoms with Gasteiger partial charge in [-0.05, 0) is 42.5 Å². The summed E-state index contributed by atoms with van der Waals surface area (Å²) in [6.45, 7) is 0.450. The van der Waals surface area contributed by atoms with E-state index in [0.717, 1.165) is 4.90 Å². The van der Waals surface area contributed by atoms with Gasteiger partial charge in [-0.3, -0.25) is 0 Å². The summed E-state index contributed by atoms with van der Waals surface area (Å²) < 4.78 is 18.2. The number of thioether (sulfide) groups is 1. The molecule has 20 heavy (non-hydrogen) atoms. The quantitative estimate of drug-likeness (QED) is 0.651. The summed E-state index contributed by atoms with van der Waals surface area (Å²) in [6.07, 6.45) is 0. The van der Waals surface area contributed by atoms with E-state index in [1.807, 2.05) is 0 Å². The summed E-state index contributed by atoms with van der Waals surface area (Å²) in [4.78, 5) is 11.8. The Bertz CT molecular complexity index is 584. The zero-order valence-corrected chi connectivity index (χ0v) is 11.4. The lowest BCUT2D eigenvalue weighted by Gasteiger charge is -2.06. The van der Waals surface area contributed by atoms with E-state index in [0.29, 0.717) is 18.1 Å². The minimum absolute atomic E-state index is 0.202. The van der Waals surface area contributed by atoms with Gasteiger partial charge >= 0.3 is 5.97 Å². The van der Waals surface area contributed by atoms with Crippen molar-refractivity contribution in [2.75, 3.05) is 12.4 Å². The number of benzene rings is 2. The highest BCUT2D eigenvalue weighted by Crippen LogP contribution is 2.19. The van der Waals surface area contributed by atoms with Gasteiger partial charge in [-0.25, -0.2) is 9.18 Å². The van der Waals surface area contributed by atoms with E-state index in [-0.39, 0.29) is 11.4 Å². The molecule has 2 rings (SSSR count). The fourth-order valence-corrected chi connectivity index (χ4v) is 2.30. The zero-order valence-electron chi connectivity index (χ0n) is 10.6. The second-order valence-corrected chi connectivity index (χ2v) is 5.15. The summed E-state index contributed by atoms with van der Waals surface area (Å²) in [5, 5.41) is 8.86. The highest BCUT2D eigenvalue weighted by atomic mass is 32.2. The van der Waals surface area contributed by atoms with Crippen molar-refractivity contribution in [2.24, 2.45) is 0 Å². The van der Waals surface area contributed by atoms with Gasteiger partial charge < -0.3 is 9.84 Å². The molecule has 1 N–H and O–H groups in total. The fraction of sp³-hybridized carbons (Fsp3) is 0.133. The number of hydrogen-bond donors (Lipinski definition) is 1. The van der Waals surface area contributed by atoms with Gasteiger partial charge in [0.15, 0.2) is 0 Å². The maximum absolute atomic E-state index is 12.7. The lowest BCUT2D eigenvalue weighted by molar-refractivity contribution is 0.0696. The summed E-state index contributed by atoms with van der Waals surface area (Å²) in [6, 6.07) is 12.6. The molecule has 0 aliphatic rings. The number of hydrogen-bond acceptors (Lipinski definition) is 3. The first-order valence-electron chi connectivity index (χ1n) is 6.00. The molecule has 0 bridgehead atoms. The van der Waals surface area contributed by atoms with E-state index in [4.69, 9.17) is 9.84 Å². The molecule has 0 fully saturated rings. The van der Waals surface area contributed by atoms with E-state index in [1.165, 1.54) is 24.3 Å². The number of carboxylic acids is 1. The van der Waals surface area contributed by atoms with Crippen LogP contribution in [0.2, 0.25) is 0 Å². The topological polar surface area (TPSA) is 46.5 Å². The molecular formula is C15H13FO3S. The van der Waals surface area contributed by atoms with Crippen LogP contribution in [0.3, 0.4) is 0 Å². The van der Waals surface area contributed by atoms with Crippen LogP contribution in [0.5, 0.6) is 5.75 Å². The second kappa shape index (κ2) is 6.96. The van der Waals surface area contributed by atoms with Crippen molar-refractivity contribution < 1.29 is 19.0 Å². The van der Waals surface area contributed by atoms with Gasteiger partial charge in [0.2, 0.25) is 0 Å². The number of carbonyl (C=O) groups is 1. The Labute approximate surface area is 120 Å². The van der Waals surface area contributed by atoms with E-state index in [9.17, 15) is 9.18 Å². The Morgan fingerprint density at radius 1 is 1.20 bits per heavy atom. The van der Waals surface area contributed by atoms with Gasteiger partial charge in [-0.1, -0.05) is 6.07 Å². The maximum Gasteiger partial charge on any atom is 0.335 e. The molecular weight excluding hydrogens is 279 g/mol. The van der Waals surface area contributed by atoms with Crippen molar-refractivity contribution in [1.82, 2.24) is 0 Å². The van der Waals surface area contributed by atoms with Crippen molar-refractivity contribution in [1.29, 1.82) is 0 Å². The normalized spacial score (nSPS) is 10.2. The number of carboxylic acid groups (broad SMARTS) is 1. The predicted molar refractivity (Wildman–Crippen MR) is 76.0 cm³/mol. The predicted octanol–water partition coefficient (Wildman–Crippen LogP) is 3.70. The monoisotopic (exact) mass is 292 g/mol. The summed E-state index contributed by atoms with van der Waals surface area (Å²) in [5.74, 6) is -0.0000280. The molecule has 0 saturated carbocycles. The van der Waals surface area contributed by atoms with Gasteiger partial charge in [0.25, 0.3) is 0 Å². The first kappa shape index (κ1) is 14.4. The van der Waals surface area contributed by atoms with Gasteiger partial charge in [-0.2, -0.15) is 0 Å². The molecule has 0 aromatic heterocycles. The Morgan fingerprint density at radius 3 is 2.65 bits per heavy atom. The van der Waals surface area contributed by atoms with Gasteiger partial charge in [-0.15, -0.1) is 11.8 Å². The van der Waals surface area contributed by atoms with E-state index in [2.05, 4.69) is 0 Å². The molecule has 0 saturated heterocycles. The molecule has 0 unspecified atom stereocenters. The van der Waals surface area contributed by atoms with Crippen LogP contribution in [0.15, 0.2) is 53.4 Å². The van der Waals surface area contributed by atoms with Gasteiger partial charge in [0.1, 0.15) is 11.6 Å². The first-order valence-corrected chi connectivity index (χ1v) is 6.98. The van der Waals surface area contributed by atoms with E-state index in [1.54, 1.807) is 36.0 Å². The van der Waals surface area contributed by atoms with Crippen LogP contribution in [0, 0.1) is 5.82 Å². The van der Waals surface area contributed by atoms with Crippen LogP contribution in [0.4, 0.5) is 4.39 Å². The maximum atomic E-state index is 12.7. The van der Waals surface area contributed by atoms with Crippen molar-refractivity contribution in [3.63, 3.8) is 0 Å². The molecule has 5 heteroatoms. The molecule has 0 spiro atoms. The molecule has 0 atom stereocenters. The fourth-order valence-electron chi connectivity index (χ4n) is 1.57. The highest BCUT2D eigenvalue weighted by molar-refractivity contribution is 7.99. The Kier molecular flexibility index (Phi) is 5.01. The Morgan fingerprint density at radius 2 is 1.95 bits per heavy atom. The van der Waals surface area contributed by atoms with Crippen molar-refractivity contribution in [2.45, 2.75) is 4.90 Å². The molecule has 3 nitrogen and oxygen atoms in total. The summed E-state index contributed by atoms with van der Waals surface area (Å²) in [5.41, 5.74) is 0.202. The highest BCUT2D eigenvalue weighted by Gasteiger charge is 2.03. The van der Waals surface area contributed by atoms with E-state index >= 15 is 0 Å². The van der Waals surface area contributed by atoms with Gasteiger partial charge in [0.05, 0.1) is 12.2 Å². The van der Waals surface area contributed by atoms with Crippen molar-refractivity contribution in [3.05, 3.63) is 59.9 Å². The number of aromatic carboxylic acids is 1. The number of ether oxygens (including phenoxy) is 1. The van der Waals surface area contributed by atoms with Crippen LogP contribution in [0.1, 0.15) is 10.4 Å². The third-order valence-corrected chi connectivity index (χ3v) is 3.49. The molecule has 2 aromatic carbocycles. The zero-order chi connectivity index (χ0) is 14.4. The standard InChI is InChI=1S/C15H13FO3S/c16-12-4-6-14(7-5-12)20-9-8-19-13-3-1-2-11(10-13)15(17)18/h1-7,10H,8-9H2,(H,17,18). The number of halogens is 1. The average Bonchev–Trinajstić information content (AvgIpc) is 2.46. The second-order valence-electron chi connectivity index (χ2n) is 3.98. The average molecular weight is 292 g/mol. The summed E-state index contributed by atoms with van der Waals surface area (Å²) in [7, 11) is 0. The van der Waals surface area contributed by atoms with Crippen molar-refractivity contribution in [3.8, 4) is 5.75 Å². The minimum Gasteiger partial charge on any atom is -0.493 e. The van der Waals surface area contributed by atoms with Crippen LogP contribution in [-0.4, -0.2) is 23.4 Å². The molecule has 0 aliphatic carbocycles. The number of rotatable bonds is 6. The molecule has 0 heterocycles.